The molecule has 1 unspecified atom stereocenters. The van der Waals surface area contributed by atoms with Crippen molar-refractivity contribution in [2.75, 3.05) is 18.0 Å². The number of hydrogen-bond acceptors (Lipinski definition) is 2. The van der Waals surface area contributed by atoms with Gasteiger partial charge < -0.3 is 4.90 Å². The first-order valence-electron chi connectivity index (χ1n) is 5.88. The molecule has 0 saturated carbocycles. The van der Waals surface area contributed by atoms with Crippen molar-refractivity contribution in [3.05, 3.63) is 21.3 Å². The number of nitrogens with zero attached hydrogens (tertiary/aromatic N) is 2. The molecule has 1 aromatic rings. The van der Waals surface area contributed by atoms with Crippen LogP contribution in [0.5, 0.6) is 0 Å². The average molecular weight is 294 g/mol. The van der Waals surface area contributed by atoms with E-state index in [2.05, 4.69) is 16.8 Å². The molecule has 1 saturated heterocycles. The zero-order valence-electron chi connectivity index (χ0n) is 9.72. The summed E-state index contributed by atoms with van der Waals surface area (Å²) in [6.45, 7) is 4.21. The normalized spacial score (nSPS) is 20.7. The van der Waals surface area contributed by atoms with Gasteiger partial charge in [-0.3, -0.25) is 0 Å². The smallest absolute Gasteiger partial charge is 0.150 e. The predicted molar refractivity (Wildman–Crippen MR) is 74.5 cm³/mol. The van der Waals surface area contributed by atoms with Gasteiger partial charge in [-0.15, -0.1) is 0 Å². The lowest BCUT2D eigenvalue weighted by Gasteiger charge is -2.33. The van der Waals surface area contributed by atoms with Gasteiger partial charge in [0, 0.05) is 13.1 Å². The summed E-state index contributed by atoms with van der Waals surface area (Å²) in [5.74, 6) is 1.48. The Hall–Kier alpha value is -0.180. The SMILES string of the molecule is CCC1CCCN(c2nc(Cl)c(Cl)cc2Cl)C1. The molecule has 1 aliphatic heterocycles. The first-order valence-corrected chi connectivity index (χ1v) is 7.01. The van der Waals surface area contributed by atoms with Gasteiger partial charge in [0.1, 0.15) is 11.0 Å². The highest BCUT2D eigenvalue weighted by atomic mass is 35.5. The lowest BCUT2D eigenvalue weighted by atomic mass is 9.96. The van der Waals surface area contributed by atoms with Crippen molar-refractivity contribution in [1.82, 2.24) is 4.98 Å². The third-order valence-corrected chi connectivity index (χ3v) is 4.22. The van der Waals surface area contributed by atoms with Gasteiger partial charge in [-0.2, -0.15) is 0 Å². The molecule has 0 spiro atoms. The second-order valence-corrected chi connectivity index (χ2v) is 5.60. The van der Waals surface area contributed by atoms with Crippen LogP contribution < -0.4 is 4.90 Å². The lowest BCUT2D eigenvalue weighted by Crippen LogP contribution is -2.35. The van der Waals surface area contributed by atoms with Crippen LogP contribution in [0.15, 0.2) is 6.07 Å². The first-order chi connectivity index (χ1) is 8.11. The van der Waals surface area contributed by atoms with Crippen LogP contribution in [0.3, 0.4) is 0 Å². The Labute approximate surface area is 117 Å². The van der Waals surface area contributed by atoms with E-state index in [1.807, 2.05) is 0 Å². The number of pyridine rings is 1. The van der Waals surface area contributed by atoms with E-state index >= 15 is 0 Å². The minimum Gasteiger partial charge on any atom is -0.355 e. The van der Waals surface area contributed by atoms with Crippen molar-refractivity contribution in [3.63, 3.8) is 0 Å². The van der Waals surface area contributed by atoms with Gasteiger partial charge in [0.05, 0.1) is 10.0 Å². The van der Waals surface area contributed by atoms with Crippen LogP contribution in [-0.2, 0) is 0 Å². The van der Waals surface area contributed by atoms with Crippen molar-refractivity contribution < 1.29 is 0 Å². The fourth-order valence-electron chi connectivity index (χ4n) is 2.25. The quantitative estimate of drug-likeness (QED) is 0.737. The van der Waals surface area contributed by atoms with Gasteiger partial charge in [0.15, 0.2) is 0 Å². The molecule has 17 heavy (non-hydrogen) atoms. The molecule has 0 amide bonds. The fraction of sp³-hybridized carbons (Fsp3) is 0.583. The average Bonchev–Trinajstić information content (AvgIpc) is 2.34. The van der Waals surface area contributed by atoms with Crippen LogP contribution in [0.4, 0.5) is 5.82 Å². The van der Waals surface area contributed by atoms with E-state index in [4.69, 9.17) is 34.8 Å². The fourth-order valence-corrected chi connectivity index (χ4v) is 2.86. The maximum atomic E-state index is 6.18. The van der Waals surface area contributed by atoms with Crippen LogP contribution in [0.2, 0.25) is 15.2 Å². The highest BCUT2D eigenvalue weighted by Gasteiger charge is 2.22. The van der Waals surface area contributed by atoms with Crippen LogP contribution in [-0.4, -0.2) is 18.1 Å². The zero-order chi connectivity index (χ0) is 12.4. The number of anilines is 1. The molecule has 1 fully saturated rings. The van der Waals surface area contributed by atoms with Crippen molar-refractivity contribution in [2.45, 2.75) is 26.2 Å². The van der Waals surface area contributed by atoms with E-state index in [1.165, 1.54) is 19.3 Å². The summed E-state index contributed by atoms with van der Waals surface area (Å²) in [6.07, 6.45) is 3.65. The van der Waals surface area contributed by atoms with E-state index in [1.54, 1.807) is 6.07 Å². The van der Waals surface area contributed by atoms with Gasteiger partial charge >= 0.3 is 0 Å². The summed E-state index contributed by atoms with van der Waals surface area (Å²) in [5, 5.41) is 1.31. The topological polar surface area (TPSA) is 16.1 Å². The molecule has 1 aromatic heterocycles. The molecule has 2 heterocycles. The maximum absolute atomic E-state index is 6.18. The standard InChI is InChI=1S/C12H15Cl3N2/c1-2-8-4-3-5-17(7-8)12-10(14)6-9(13)11(15)16-12/h6,8H,2-5,7H2,1H3. The summed E-state index contributed by atoms with van der Waals surface area (Å²) in [4.78, 5) is 6.50. The monoisotopic (exact) mass is 292 g/mol. The minimum absolute atomic E-state index is 0.324. The molecule has 0 aliphatic carbocycles. The zero-order valence-corrected chi connectivity index (χ0v) is 12.0. The molecule has 5 heteroatoms. The van der Waals surface area contributed by atoms with Gasteiger partial charge in [-0.05, 0) is 24.8 Å². The van der Waals surface area contributed by atoms with Gasteiger partial charge in [-0.25, -0.2) is 4.98 Å². The highest BCUT2D eigenvalue weighted by molar-refractivity contribution is 6.42. The molecule has 0 aromatic carbocycles. The summed E-state index contributed by atoms with van der Waals surface area (Å²) >= 11 is 18.0. The van der Waals surface area contributed by atoms with E-state index in [9.17, 15) is 0 Å². The summed E-state index contributed by atoms with van der Waals surface area (Å²) in [7, 11) is 0. The first kappa shape index (κ1) is 13.3. The molecule has 94 valence electrons. The second kappa shape index (κ2) is 5.64. The third kappa shape index (κ3) is 2.98. The third-order valence-electron chi connectivity index (χ3n) is 3.26. The maximum Gasteiger partial charge on any atom is 0.150 e. The van der Waals surface area contributed by atoms with Gasteiger partial charge in [-0.1, -0.05) is 48.1 Å². The summed E-state index contributed by atoms with van der Waals surface area (Å²) in [5.41, 5.74) is 0. The number of rotatable bonds is 2. The number of aromatic nitrogens is 1. The highest BCUT2D eigenvalue weighted by Crippen LogP contribution is 2.33. The molecule has 1 aliphatic rings. The van der Waals surface area contributed by atoms with Crippen molar-refractivity contribution >= 4 is 40.6 Å². The van der Waals surface area contributed by atoms with E-state index in [0.717, 1.165) is 24.8 Å². The summed E-state index contributed by atoms with van der Waals surface area (Å²) < 4.78 is 0. The molecule has 2 nitrogen and oxygen atoms in total. The Morgan fingerprint density at radius 3 is 2.82 bits per heavy atom. The van der Waals surface area contributed by atoms with E-state index in [0.29, 0.717) is 15.2 Å². The van der Waals surface area contributed by atoms with Crippen LogP contribution in [0, 0.1) is 5.92 Å². The lowest BCUT2D eigenvalue weighted by molar-refractivity contribution is 0.403. The largest absolute Gasteiger partial charge is 0.355 e. The molecule has 0 N–H and O–H groups in total. The van der Waals surface area contributed by atoms with E-state index in [-0.39, 0.29) is 0 Å². The molecular weight excluding hydrogens is 279 g/mol. The molecular formula is C12H15Cl3N2. The minimum atomic E-state index is 0.324. The number of halogens is 3. The molecule has 0 bridgehead atoms. The number of piperidine rings is 1. The Morgan fingerprint density at radius 1 is 1.35 bits per heavy atom. The van der Waals surface area contributed by atoms with Crippen molar-refractivity contribution in [1.29, 1.82) is 0 Å². The van der Waals surface area contributed by atoms with Crippen LogP contribution in [0.1, 0.15) is 26.2 Å². The van der Waals surface area contributed by atoms with Crippen molar-refractivity contribution in [3.8, 4) is 0 Å². The van der Waals surface area contributed by atoms with Crippen LogP contribution >= 0.6 is 34.8 Å². The van der Waals surface area contributed by atoms with Gasteiger partial charge in [0.25, 0.3) is 0 Å². The van der Waals surface area contributed by atoms with E-state index < -0.39 is 0 Å². The Balaban J connectivity index is 2.24. The molecule has 1 atom stereocenters. The Kier molecular flexibility index (Phi) is 4.40. The van der Waals surface area contributed by atoms with Crippen molar-refractivity contribution in [2.24, 2.45) is 5.92 Å². The van der Waals surface area contributed by atoms with Crippen LogP contribution in [0.25, 0.3) is 0 Å². The Bertz CT molecular complexity index is 409. The number of hydrogen-bond donors (Lipinski definition) is 0. The predicted octanol–water partition coefficient (Wildman–Crippen LogP) is 4.67. The second-order valence-electron chi connectivity index (χ2n) is 4.43. The molecule has 2 rings (SSSR count). The van der Waals surface area contributed by atoms with Gasteiger partial charge in [0.2, 0.25) is 0 Å². The Morgan fingerprint density at radius 2 is 2.12 bits per heavy atom. The molecule has 0 radical (unpaired) electrons. The summed E-state index contributed by atoms with van der Waals surface area (Å²) in [6, 6.07) is 1.67.